The van der Waals surface area contributed by atoms with E-state index in [2.05, 4.69) is 36.3 Å². The first kappa shape index (κ1) is 21.6. The second-order valence-corrected chi connectivity index (χ2v) is 9.17. The minimum atomic E-state index is -0.803. The van der Waals surface area contributed by atoms with Gasteiger partial charge in [0.1, 0.15) is 10.0 Å². The Kier molecular flexibility index (Phi) is 6.62. The average Bonchev–Trinajstić information content (AvgIpc) is 3.16. The van der Waals surface area contributed by atoms with E-state index in [1.807, 2.05) is 48.5 Å². The number of benzene rings is 2. The van der Waals surface area contributed by atoms with Crippen molar-refractivity contribution in [3.05, 3.63) is 64.7 Å². The van der Waals surface area contributed by atoms with Crippen LogP contribution in [-0.4, -0.2) is 27.2 Å². The molecule has 0 aliphatic heterocycles. The largest absolute Gasteiger partial charge is 0.481 e. The molecule has 1 aromatic heterocycles. The lowest BCUT2D eigenvalue weighted by Gasteiger charge is -2.19. The van der Waals surface area contributed by atoms with E-state index < -0.39 is 5.97 Å². The zero-order valence-electron chi connectivity index (χ0n) is 17.3. The molecule has 0 radical (unpaired) electrons. The molecule has 3 aromatic rings. The van der Waals surface area contributed by atoms with Gasteiger partial charge in [-0.05, 0) is 53.8 Å². The molecule has 0 bridgehead atoms. The Hall–Kier alpha value is -3.06. The Morgan fingerprint density at radius 1 is 1.00 bits per heavy atom. The highest BCUT2D eigenvalue weighted by molar-refractivity contribution is 7.14. The van der Waals surface area contributed by atoms with Crippen molar-refractivity contribution in [2.75, 3.05) is 5.32 Å². The first-order valence-corrected chi connectivity index (χ1v) is 10.6. The van der Waals surface area contributed by atoms with Crippen molar-refractivity contribution in [2.45, 2.75) is 45.4 Å². The summed E-state index contributed by atoms with van der Waals surface area (Å²) in [7, 11) is 0. The Labute approximate surface area is 180 Å². The molecule has 0 aliphatic rings. The van der Waals surface area contributed by atoms with Gasteiger partial charge >= 0.3 is 5.97 Å². The molecular formula is C23H25N3O3S. The SMILES string of the molecule is CC(C)(C)c1ccc(C(=O)Nc2ccc(-c3nnc(CCCC(=O)O)s3)cc2)cc1. The predicted molar refractivity (Wildman–Crippen MR) is 119 cm³/mol. The summed E-state index contributed by atoms with van der Waals surface area (Å²) in [5.41, 5.74) is 3.45. The Morgan fingerprint density at radius 2 is 1.67 bits per heavy atom. The van der Waals surface area contributed by atoms with Gasteiger partial charge in [-0.3, -0.25) is 9.59 Å². The summed E-state index contributed by atoms with van der Waals surface area (Å²) in [4.78, 5) is 23.1. The number of nitrogens with zero attached hydrogens (tertiary/aromatic N) is 2. The van der Waals surface area contributed by atoms with E-state index in [4.69, 9.17) is 5.11 Å². The van der Waals surface area contributed by atoms with Gasteiger partial charge in [0, 0.05) is 29.7 Å². The first-order chi connectivity index (χ1) is 14.2. The minimum absolute atomic E-state index is 0.0473. The highest BCUT2D eigenvalue weighted by Crippen LogP contribution is 2.26. The number of hydrogen-bond acceptors (Lipinski definition) is 5. The molecule has 3 rings (SSSR count). The van der Waals surface area contributed by atoms with E-state index in [-0.39, 0.29) is 17.7 Å². The highest BCUT2D eigenvalue weighted by atomic mass is 32.1. The van der Waals surface area contributed by atoms with Crippen LogP contribution in [0, 0.1) is 0 Å². The molecule has 30 heavy (non-hydrogen) atoms. The van der Waals surface area contributed by atoms with E-state index in [0.29, 0.717) is 24.1 Å². The third kappa shape index (κ3) is 5.73. The summed E-state index contributed by atoms with van der Waals surface area (Å²) in [6.45, 7) is 6.42. The summed E-state index contributed by atoms with van der Waals surface area (Å²) in [5, 5.41) is 21.5. The number of carboxylic acid groups (broad SMARTS) is 1. The van der Waals surface area contributed by atoms with Crippen LogP contribution in [0.2, 0.25) is 0 Å². The number of aromatic nitrogens is 2. The van der Waals surface area contributed by atoms with Crippen molar-refractivity contribution >= 4 is 28.9 Å². The van der Waals surface area contributed by atoms with Gasteiger partial charge in [0.15, 0.2) is 0 Å². The lowest BCUT2D eigenvalue weighted by atomic mass is 9.87. The standard InChI is InChI=1S/C23H25N3O3S/c1-23(2,3)17-11-7-15(8-12-17)21(29)24-18-13-9-16(10-14-18)22-26-25-19(30-22)5-4-6-20(27)28/h7-14H,4-6H2,1-3H3,(H,24,29)(H,27,28). The molecule has 2 aromatic carbocycles. The summed E-state index contributed by atoms with van der Waals surface area (Å²) in [5.74, 6) is -0.956. The van der Waals surface area contributed by atoms with Crippen LogP contribution in [0.25, 0.3) is 10.6 Å². The number of rotatable bonds is 7. The summed E-state index contributed by atoms with van der Waals surface area (Å²) >= 11 is 1.45. The number of amides is 1. The van der Waals surface area contributed by atoms with Crippen molar-refractivity contribution in [2.24, 2.45) is 0 Å². The molecule has 1 heterocycles. The maximum Gasteiger partial charge on any atom is 0.303 e. The Morgan fingerprint density at radius 3 is 2.27 bits per heavy atom. The Bertz CT molecular complexity index is 1020. The van der Waals surface area contributed by atoms with Crippen molar-refractivity contribution in [1.82, 2.24) is 10.2 Å². The third-order valence-corrected chi connectivity index (χ3v) is 5.68. The molecule has 0 aliphatic carbocycles. The number of nitrogens with one attached hydrogen (secondary N) is 1. The van der Waals surface area contributed by atoms with Crippen LogP contribution in [0.5, 0.6) is 0 Å². The second kappa shape index (κ2) is 9.17. The summed E-state index contributed by atoms with van der Waals surface area (Å²) in [6, 6.07) is 15.1. The van der Waals surface area contributed by atoms with Gasteiger partial charge in [0.05, 0.1) is 0 Å². The van der Waals surface area contributed by atoms with E-state index in [1.165, 1.54) is 16.9 Å². The molecule has 0 saturated carbocycles. The highest BCUT2D eigenvalue weighted by Gasteiger charge is 2.14. The number of anilines is 1. The predicted octanol–water partition coefficient (Wildman–Crippen LogP) is 5.16. The number of carboxylic acids is 1. The number of hydrogen-bond donors (Lipinski definition) is 2. The molecule has 0 spiro atoms. The van der Waals surface area contributed by atoms with Gasteiger partial charge in [-0.25, -0.2) is 0 Å². The Balaban J connectivity index is 1.61. The van der Waals surface area contributed by atoms with Gasteiger partial charge in [-0.15, -0.1) is 10.2 Å². The quantitative estimate of drug-likeness (QED) is 0.547. The fourth-order valence-electron chi connectivity index (χ4n) is 2.88. The van der Waals surface area contributed by atoms with E-state index in [9.17, 15) is 9.59 Å². The van der Waals surface area contributed by atoms with Crippen molar-refractivity contribution in [3.8, 4) is 10.6 Å². The van der Waals surface area contributed by atoms with Crippen LogP contribution in [0.4, 0.5) is 5.69 Å². The second-order valence-electron chi connectivity index (χ2n) is 8.11. The fraction of sp³-hybridized carbons (Fsp3) is 0.304. The van der Waals surface area contributed by atoms with Gasteiger partial charge in [-0.2, -0.15) is 0 Å². The van der Waals surface area contributed by atoms with Crippen LogP contribution in [0.1, 0.15) is 54.5 Å². The topological polar surface area (TPSA) is 92.2 Å². The zero-order valence-corrected chi connectivity index (χ0v) is 18.1. The van der Waals surface area contributed by atoms with Crippen LogP contribution in [0.15, 0.2) is 48.5 Å². The average molecular weight is 424 g/mol. The molecule has 156 valence electrons. The molecule has 2 N–H and O–H groups in total. The van der Waals surface area contributed by atoms with Crippen LogP contribution in [0.3, 0.4) is 0 Å². The lowest BCUT2D eigenvalue weighted by molar-refractivity contribution is -0.137. The molecule has 0 saturated heterocycles. The normalized spacial score (nSPS) is 11.3. The third-order valence-electron chi connectivity index (χ3n) is 4.65. The van der Waals surface area contributed by atoms with Crippen LogP contribution < -0.4 is 5.32 Å². The monoisotopic (exact) mass is 423 g/mol. The summed E-state index contributed by atoms with van der Waals surface area (Å²) in [6.07, 6.45) is 1.28. The molecule has 1 amide bonds. The molecule has 0 atom stereocenters. The first-order valence-electron chi connectivity index (χ1n) is 9.79. The van der Waals surface area contributed by atoms with Gasteiger partial charge in [-0.1, -0.05) is 44.2 Å². The summed E-state index contributed by atoms with van der Waals surface area (Å²) < 4.78 is 0. The number of carbonyl (C=O) groups excluding carboxylic acids is 1. The number of aliphatic carboxylic acids is 1. The van der Waals surface area contributed by atoms with Gasteiger partial charge in [0.25, 0.3) is 5.91 Å². The number of aryl methyl sites for hydroxylation is 1. The lowest BCUT2D eigenvalue weighted by Crippen LogP contribution is -2.14. The van der Waals surface area contributed by atoms with Crippen LogP contribution in [-0.2, 0) is 16.6 Å². The van der Waals surface area contributed by atoms with E-state index in [1.54, 1.807) is 0 Å². The van der Waals surface area contributed by atoms with Gasteiger partial charge in [0.2, 0.25) is 0 Å². The van der Waals surface area contributed by atoms with E-state index in [0.717, 1.165) is 15.6 Å². The van der Waals surface area contributed by atoms with Gasteiger partial charge < -0.3 is 10.4 Å². The molecule has 0 unspecified atom stereocenters. The maximum absolute atomic E-state index is 12.5. The molecular weight excluding hydrogens is 398 g/mol. The fourth-order valence-corrected chi connectivity index (χ4v) is 3.77. The molecule has 7 heteroatoms. The van der Waals surface area contributed by atoms with Crippen molar-refractivity contribution < 1.29 is 14.7 Å². The van der Waals surface area contributed by atoms with Crippen molar-refractivity contribution in [1.29, 1.82) is 0 Å². The zero-order chi connectivity index (χ0) is 21.7. The maximum atomic E-state index is 12.5. The van der Waals surface area contributed by atoms with E-state index >= 15 is 0 Å². The smallest absolute Gasteiger partial charge is 0.303 e. The molecule has 0 fully saturated rings. The minimum Gasteiger partial charge on any atom is -0.481 e. The van der Waals surface area contributed by atoms with Crippen LogP contribution >= 0.6 is 11.3 Å². The molecule has 6 nitrogen and oxygen atoms in total. The van der Waals surface area contributed by atoms with Crippen molar-refractivity contribution in [3.63, 3.8) is 0 Å². The number of carbonyl (C=O) groups is 2.